The lowest BCUT2D eigenvalue weighted by Crippen LogP contribution is -2.26. The predicted octanol–water partition coefficient (Wildman–Crippen LogP) is 3.00. The van der Waals surface area contributed by atoms with Crippen LogP contribution in [0.1, 0.15) is 29.2 Å². The molecule has 1 N–H and O–H groups in total. The summed E-state index contributed by atoms with van der Waals surface area (Å²) in [5.41, 5.74) is 3.76. The van der Waals surface area contributed by atoms with Crippen LogP contribution in [0.3, 0.4) is 0 Å². The van der Waals surface area contributed by atoms with E-state index in [4.69, 9.17) is 4.74 Å². The van der Waals surface area contributed by atoms with E-state index in [0.717, 1.165) is 25.3 Å². The molecule has 0 saturated carbocycles. The molecule has 0 bridgehead atoms. The summed E-state index contributed by atoms with van der Waals surface area (Å²) in [5.74, 6) is 1.01. The van der Waals surface area contributed by atoms with Gasteiger partial charge in [0.2, 0.25) is 0 Å². The summed E-state index contributed by atoms with van der Waals surface area (Å²) in [6.07, 6.45) is 4.72. The maximum atomic E-state index is 5.71. The number of pyridine rings is 1. The maximum absolute atomic E-state index is 5.71. The molecule has 0 fully saturated rings. The molecule has 0 saturated heterocycles. The van der Waals surface area contributed by atoms with Crippen molar-refractivity contribution in [2.45, 2.75) is 25.9 Å². The maximum Gasteiger partial charge on any atom is 0.124 e. The highest BCUT2D eigenvalue weighted by Gasteiger charge is 2.20. The minimum atomic E-state index is 0.365. The van der Waals surface area contributed by atoms with Crippen LogP contribution in [0.25, 0.3) is 0 Å². The molecule has 19 heavy (non-hydrogen) atoms. The van der Waals surface area contributed by atoms with Crippen molar-refractivity contribution in [1.29, 1.82) is 0 Å². The van der Waals surface area contributed by atoms with Crippen LogP contribution in [0.2, 0.25) is 0 Å². The lowest BCUT2D eigenvalue weighted by molar-refractivity contribution is 0.252. The van der Waals surface area contributed by atoms with Crippen LogP contribution in [0.5, 0.6) is 5.75 Å². The highest BCUT2D eigenvalue weighted by Crippen LogP contribution is 2.32. The molecule has 1 aromatic carbocycles. The van der Waals surface area contributed by atoms with E-state index in [2.05, 4.69) is 41.5 Å². The molecule has 3 heteroatoms. The Labute approximate surface area is 113 Å². The van der Waals surface area contributed by atoms with E-state index in [1.807, 2.05) is 12.3 Å². The standard InChI is InChI=1S/C16H18N2O/c1-12-4-5-16-14(9-12)15(6-8-19-16)18-11-13-3-2-7-17-10-13/h2-5,7,9-10,15,18H,6,8,11H2,1H3. The summed E-state index contributed by atoms with van der Waals surface area (Å²) in [7, 11) is 0. The molecule has 0 spiro atoms. The molecule has 0 radical (unpaired) electrons. The fraction of sp³-hybridized carbons (Fsp3) is 0.312. The van der Waals surface area contributed by atoms with Gasteiger partial charge in [0.05, 0.1) is 6.61 Å². The summed E-state index contributed by atoms with van der Waals surface area (Å²) in [6, 6.07) is 10.8. The van der Waals surface area contributed by atoms with E-state index in [1.165, 1.54) is 16.7 Å². The number of aromatic nitrogens is 1. The quantitative estimate of drug-likeness (QED) is 0.914. The minimum Gasteiger partial charge on any atom is -0.493 e. The number of rotatable bonds is 3. The minimum absolute atomic E-state index is 0.365. The molecule has 1 atom stereocenters. The van der Waals surface area contributed by atoms with Crippen LogP contribution >= 0.6 is 0 Å². The van der Waals surface area contributed by atoms with Gasteiger partial charge in [-0.3, -0.25) is 4.98 Å². The first-order chi connectivity index (χ1) is 9.33. The molecular weight excluding hydrogens is 236 g/mol. The first-order valence-electron chi connectivity index (χ1n) is 6.68. The van der Waals surface area contributed by atoms with E-state index in [9.17, 15) is 0 Å². The molecule has 98 valence electrons. The Bertz CT molecular complexity index is 554. The van der Waals surface area contributed by atoms with E-state index in [-0.39, 0.29) is 0 Å². The fourth-order valence-electron chi connectivity index (χ4n) is 2.47. The summed E-state index contributed by atoms with van der Waals surface area (Å²) in [4.78, 5) is 4.14. The van der Waals surface area contributed by atoms with Gasteiger partial charge < -0.3 is 10.1 Å². The third kappa shape index (κ3) is 2.76. The topological polar surface area (TPSA) is 34.2 Å². The molecule has 2 heterocycles. The number of aryl methyl sites for hydroxylation is 1. The number of hydrogen-bond donors (Lipinski definition) is 1. The second-order valence-corrected chi connectivity index (χ2v) is 4.97. The first kappa shape index (κ1) is 12.2. The molecule has 2 aromatic rings. The second-order valence-electron chi connectivity index (χ2n) is 4.97. The van der Waals surface area contributed by atoms with Gasteiger partial charge in [0.25, 0.3) is 0 Å². The first-order valence-corrected chi connectivity index (χ1v) is 6.68. The van der Waals surface area contributed by atoms with Crippen molar-refractivity contribution in [2.75, 3.05) is 6.61 Å². The number of benzene rings is 1. The predicted molar refractivity (Wildman–Crippen MR) is 75.1 cm³/mol. The number of nitrogens with zero attached hydrogens (tertiary/aromatic N) is 1. The van der Waals surface area contributed by atoms with Gasteiger partial charge in [-0.2, -0.15) is 0 Å². The molecule has 3 rings (SSSR count). The van der Waals surface area contributed by atoms with Crippen LogP contribution < -0.4 is 10.1 Å². The van der Waals surface area contributed by atoms with Crippen molar-refractivity contribution in [1.82, 2.24) is 10.3 Å². The van der Waals surface area contributed by atoms with Crippen molar-refractivity contribution < 1.29 is 4.74 Å². The largest absolute Gasteiger partial charge is 0.493 e. The van der Waals surface area contributed by atoms with Gasteiger partial charge in [0, 0.05) is 37.0 Å². The van der Waals surface area contributed by atoms with Gasteiger partial charge in [-0.05, 0) is 24.6 Å². The normalized spacial score (nSPS) is 17.6. The number of fused-ring (bicyclic) bond motifs is 1. The zero-order valence-corrected chi connectivity index (χ0v) is 11.1. The van der Waals surface area contributed by atoms with Crippen molar-refractivity contribution in [2.24, 2.45) is 0 Å². The zero-order valence-electron chi connectivity index (χ0n) is 11.1. The summed E-state index contributed by atoms with van der Waals surface area (Å²) in [6.45, 7) is 3.74. The SMILES string of the molecule is Cc1ccc2c(c1)C(NCc1cccnc1)CCO2. The molecule has 0 aliphatic carbocycles. The molecular formula is C16H18N2O. The van der Waals surface area contributed by atoms with Gasteiger partial charge in [0.1, 0.15) is 5.75 Å². The molecule has 1 aliphatic heterocycles. The third-order valence-corrected chi connectivity index (χ3v) is 3.48. The lowest BCUT2D eigenvalue weighted by Gasteiger charge is -2.27. The van der Waals surface area contributed by atoms with Gasteiger partial charge in [-0.15, -0.1) is 0 Å². The molecule has 1 unspecified atom stereocenters. The highest BCUT2D eigenvalue weighted by molar-refractivity contribution is 5.40. The van der Waals surface area contributed by atoms with Gasteiger partial charge in [-0.25, -0.2) is 0 Å². The van der Waals surface area contributed by atoms with Crippen LogP contribution in [-0.4, -0.2) is 11.6 Å². The molecule has 0 amide bonds. The average molecular weight is 254 g/mol. The van der Waals surface area contributed by atoms with E-state index in [0.29, 0.717) is 6.04 Å². The van der Waals surface area contributed by atoms with E-state index in [1.54, 1.807) is 6.20 Å². The molecule has 3 nitrogen and oxygen atoms in total. The summed E-state index contributed by atoms with van der Waals surface area (Å²) in [5, 5.41) is 3.60. The summed E-state index contributed by atoms with van der Waals surface area (Å²) < 4.78 is 5.71. The van der Waals surface area contributed by atoms with Crippen molar-refractivity contribution in [3.63, 3.8) is 0 Å². The Morgan fingerprint density at radius 2 is 2.32 bits per heavy atom. The zero-order chi connectivity index (χ0) is 13.1. The van der Waals surface area contributed by atoms with Crippen LogP contribution in [-0.2, 0) is 6.54 Å². The lowest BCUT2D eigenvalue weighted by atomic mass is 9.98. The third-order valence-electron chi connectivity index (χ3n) is 3.48. The molecule has 1 aliphatic rings. The Kier molecular flexibility index (Phi) is 3.47. The van der Waals surface area contributed by atoms with Crippen LogP contribution in [0, 0.1) is 6.92 Å². The van der Waals surface area contributed by atoms with Crippen LogP contribution in [0.15, 0.2) is 42.7 Å². The van der Waals surface area contributed by atoms with E-state index < -0.39 is 0 Å². The van der Waals surface area contributed by atoms with Gasteiger partial charge in [0.15, 0.2) is 0 Å². The Hall–Kier alpha value is -1.87. The monoisotopic (exact) mass is 254 g/mol. The Balaban J connectivity index is 1.75. The number of hydrogen-bond acceptors (Lipinski definition) is 3. The number of ether oxygens (including phenoxy) is 1. The fourth-order valence-corrected chi connectivity index (χ4v) is 2.47. The van der Waals surface area contributed by atoms with Crippen molar-refractivity contribution in [3.8, 4) is 5.75 Å². The van der Waals surface area contributed by atoms with Gasteiger partial charge in [-0.1, -0.05) is 23.8 Å². The van der Waals surface area contributed by atoms with Crippen molar-refractivity contribution in [3.05, 3.63) is 59.4 Å². The van der Waals surface area contributed by atoms with E-state index >= 15 is 0 Å². The average Bonchev–Trinajstić information content (AvgIpc) is 2.46. The second kappa shape index (κ2) is 5.41. The summed E-state index contributed by atoms with van der Waals surface area (Å²) >= 11 is 0. The Morgan fingerprint density at radius 3 is 3.16 bits per heavy atom. The molecule has 1 aromatic heterocycles. The van der Waals surface area contributed by atoms with Crippen molar-refractivity contribution >= 4 is 0 Å². The highest BCUT2D eigenvalue weighted by atomic mass is 16.5. The smallest absolute Gasteiger partial charge is 0.124 e. The van der Waals surface area contributed by atoms with Crippen LogP contribution in [0.4, 0.5) is 0 Å². The Morgan fingerprint density at radius 1 is 1.37 bits per heavy atom. The van der Waals surface area contributed by atoms with Gasteiger partial charge >= 0.3 is 0 Å². The number of nitrogens with one attached hydrogen (secondary N) is 1.